The quantitative estimate of drug-likeness (QED) is 0.807. The molecule has 8 nitrogen and oxygen atoms in total. The molecule has 0 aliphatic carbocycles. The van der Waals surface area contributed by atoms with Gasteiger partial charge in [-0.2, -0.15) is 0 Å². The molecule has 2 atom stereocenters. The predicted octanol–water partition coefficient (Wildman–Crippen LogP) is 0.357. The highest BCUT2D eigenvalue weighted by molar-refractivity contribution is 5.81. The van der Waals surface area contributed by atoms with Crippen LogP contribution in [0.1, 0.15) is 12.5 Å². The molecule has 0 amide bonds. The summed E-state index contributed by atoms with van der Waals surface area (Å²) in [5.41, 5.74) is 7.13. The first kappa shape index (κ1) is 13.2. The smallest absolute Gasteiger partial charge is 0.183 e. The molecule has 1 aliphatic rings. The Morgan fingerprint density at radius 2 is 2.15 bits per heavy atom. The number of nitrogens with two attached hydrogens (primary N) is 1. The van der Waals surface area contributed by atoms with Gasteiger partial charge in [-0.15, -0.1) is 0 Å². The van der Waals surface area contributed by atoms with Gasteiger partial charge in [0, 0.05) is 20.6 Å². The maximum Gasteiger partial charge on any atom is 0.183 e. The van der Waals surface area contributed by atoms with E-state index < -0.39 is 0 Å². The Balaban J connectivity index is 1.85. The lowest BCUT2D eigenvalue weighted by atomic mass is 10.1. The molecule has 8 heteroatoms. The number of imidazole rings is 1. The van der Waals surface area contributed by atoms with Crippen LogP contribution in [0, 0.1) is 0 Å². The number of hydrogen-bond donors (Lipinski definition) is 1. The zero-order valence-corrected chi connectivity index (χ0v) is 11.4. The van der Waals surface area contributed by atoms with Crippen molar-refractivity contribution in [2.75, 3.05) is 26.6 Å². The molecule has 108 valence electrons. The summed E-state index contributed by atoms with van der Waals surface area (Å²) < 4.78 is 18.2. The molecule has 0 radical (unpaired) electrons. The molecule has 3 rings (SSSR count). The van der Waals surface area contributed by atoms with E-state index >= 15 is 0 Å². The molecule has 2 aromatic heterocycles. The van der Waals surface area contributed by atoms with Gasteiger partial charge in [-0.1, -0.05) is 0 Å². The number of rotatable bonds is 4. The zero-order chi connectivity index (χ0) is 14.1. The molecule has 3 heterocycles. The largest absolute Gasteiger partial charge is 0.382 e. The predicted molar refractivity (Wildman–Crippen MR) is 70.9 cm³/mol. The highest BCUT2D eigenvalue weighted by Gasteiger charge is 2.34. The minimum Gasteiger partial charge on any atom is -0.382 e. The van der Waals surface area contributed by atoms with E-state index in [0.717, 1.165) is 12.1 Å². The molecule has 0 spiro atoms. The Bertz CT molecular complexity index is 598. The van der Waals surface area contributed by atoms with Crippen LogP contribution >= 0.6 is 0 Å². The van der Waals surface area contributed by atoms with E-state index in [1.54, 1.807) is 20.5 Å². The minimum absolute atomic E-state index is 0.105. The fourth-order valence-corrected chi connectivity index (χ4v) is 2.56. The second kappa shape index (κ2) is 5.31. The van der Waals surface area contributed by atoms with E-state index in [-0.39, 0.29) is 18.4 Å². The number of nitrogens with zero attached hydrogens (tertiary/aromatic N) is 4. The van der Waals surface area contributed by atoms with E-state index in [1.165, 1.54) is 6.33 Å². The molecule has 0 saturated carbocycles. The average molecular weight is 279 g/mol. The van der Waals surface area contributed by atoms with Crippen molar-refractivity contribution in [3.63, 3.8) is 0 Å². The lowest BCUT2D eigenvalue weighted by molar-refractivity contribution is -0.167. The van der Waals surface area contributed by atoms with Gasteiger partial charge in [-0.3, -0.25) is 0 Å². The molecule has 20 heavy (non-hydrogen) atoms. The van der Waals surface area contributed by atoms with E-state index in [4.69, 9.17) is 19.9 Å². The molecular weight excluding hydrogens is 262 g/mol. The summed E-state index contributed by atoms with van der Waals surface area (Å²) >= 11 is 0. The standard InChI is InChI=1S/C12H17N5O3/c1-18-12(19-2)8-3-7(4-20-8)17-6-16-9-10(13)14-5-15-11(9)17/h5-8,12H,3-4H2,1-2H3,(H2,13,14,15). The second-order valence-corrected chi connectivity index (χ2v) is 4.68. The van der Waals surface area contributed by atoms with Crippen molar-refractivity contribution in [3.8, 4) is 0 Å². The number of methoxy groups -OCH3 is 2. The average Bonchev–Trinajstić information content (AvgIpc) is 3.07. The lowest BCUT2D eigenvalue weighted by Gasteiger charge is -2.19. The Morgan fingerprint density at radius 3 is 2.90 bits per heavy atom. The number of aromatic nitrogens is 4. The van der Waals surface area contributed by atoms with Crippen LogP contribution in [0.5, 0.6) is 0 Å². The molecule has 1 aliphatic heterocycles. The normalized spacial score (nSPS) is 22.9. The number of nitrogen functional groups attached to an aromatic ring is 1. The third kappa shape index (κ3) is 2.11. The van der Waals surface area contributed by atoms with Crippen molar-refractivity contribution in [2.45, 2.75) is 24.9 Å². The van der Waals surface area contributed by atoms with Gasteiger partial charge in [0.1, 0.15) is 17.9 Å². The lowest BCUT2D eigenvalue weighted by Crippen LogP contribution is -2.29. The molecule has 2 aromatic rings. The van der Waals surface area contributed by atoms with Crippen LogP contribution in [-0.2, 0) is 14.2 Å². The summed E-state index contributed by atoms with van der Waals surface area (Å²) in [6.07, 6.45) is 3.46. The summed E-state index contributed by atoms with van der Waals surface area (Å²) in [7, 11) is 3.21. The SMILES string of the molecule is COC(OC)C1CC(n2cnc3c(N)ncnc32)CO1. The minimum atomic E-state index is -0.366. The maximum absolute atomic E-state index is 5.79. The Morgan fingerprint density at radius 1 is 1.35 bits per heavy atom. The van der Waals surface area contributed by atoms with E-state index in [0.29, 0.717) is 17.9 Å². The molecule has 1 fully saturated rings. The molecule has 2 unspecified atom stereocenters. The molecule has 0 bridgehead atoms. The first-order valence-corrected chi connectivity index (χ1v) is 6.34. The van der Waals surface area contributed by atoms with Gasteiger partial charge < -0.3 is 24.5 Å². The number of fused-ring (bicyclic) bond motifs is 1. The van der Waals surface area contributed by atoms with Crippen LogP contribution in [0.2, 0.25) is 0 Å². The van der Waals surface area contributed by atoms with Crippen molar-refractivity contribution in [1.29, 1.82) is 0 Å². The highest BCUT2D eigenvalue weighted by Crippen LogP contribution is 2.30. The van der Waals surface area contributed by atoms with Gasteiger partial charge in [0.2, 0.25) is 0 Å². The molecular formula is C12H17N5O3. The van der Waals surface area contributed by atoms with Gasteiger partial charge in [-0.25, -0.2) is 15.0 Å². The fraction of sp³-hybridized carbons (Fsp3) is 0.583. The Labute approximate surface area is 115 Å². The van der Waals surface area contributed by atoms with E-state index in [1.807, 2.05) is 4.57 Å². The summed E-state index contributed by atoms with van der Waals surface area (Å²) in [6, 6.07) is 0.132. The van der Waals surface area contributed by atoms with Gasteiger partial charge in [0.15, 0.2) is 17.8 Å². The van der Waals surface area contributed by atoms with Gasteiger partial charge >= 0.3 is 0 Å². The van der Waals surface area contributed by atoms with Crippen molar-refractivity contribution in [2.24, 2.45) is 0 Å². The van der Waals surface area contributed by atoms with Gasteiger partial charge in [0.25, 0.3) is 0 Å². The van der Waals surface area contributed by atoms with Crippen LogP contribution in [0.4, 0.5) is 5.82 Å². The molecule has 1 saturated heterocycles. The molecule has 0 aromatic carbocycles. The van der Waals surface area contributed by atoms with Crippen molar-refractivity contribution < 1.29 is 14.2 Å². The van der Waals surface area contributed by atoms with E-state index in [2.05, 4.69) is 15.0 Å². The summed E-state index contributed by atoms with van der Waals surface area (Å²) in [4.78, 5) is 12.5. The van der Waals surface area contributed by atoms with Crippen molar-refractivity contribution >= 4 is 17.0 Å². The van der Waals surface area contributed by atoms with Crippen molar-refractivity contribution in [3.05, 3.63) is 12.7 Å². The second-order valence-electron chi connectivity index (χ2n) is 4.68. The third-order valence-electron chi connectivity index (χ3n) is 3.56. The van der Waals surface area contributed by atoms with E-state index in [9.17, 15) is 0 Å². The van der Waals surface area contributed by atoms with Crippen LogP contribution in [-0.4, -0.2) is 52.7 Å². The first-order chi connectivity index (χ1) is 9.74. The van der Waals surface area contributed by atoms with Crippen LogP contribution < -0.4 is 5.73 Å². The zero-order valence-electron chi connectivity index (χ0n) is 11.4. The monoisotopic (exact) mass is 279 g/mol. The van der Waals surface area contributed by atoms with Crippen LogP contribution in [0.3, 0.4) is 0 Å². The van der Waals surface area contributed by atoms with Crippen LogP contribution in [0.15, 0.2) is 12.7 Å². The fourth-order valence-electron chi connectivity index (χ4n) is 2.56. The Hall–Kier alpha value is -1.77. The summed E-state index contributed by atoms with van der Waals surface area (Å²) in [6.45, 7) is 0.559. The number of hydrogen-bond acceptors (Lipinski definition) is 7. The maximum atomic E-state index is 5.79. The molecule has 2 N–H and O–H groups in total. The Kier molecular flexibility index (Phi) is 3.51. The first-order valence-electron chi connectivity index (χ1n) is 6.34. The number of ether oxygens (including phenoxy) is 3. The van der Waals surface area contributed by atoms with Crippen molar-refractivity contribution in [1.82, 2.24) is 19.5 Å². The highest BCUT2D eigenvalue weighted by atomic mass is 16.7. The summed E-state index contributed by atoms with van der Waals surface area (Å²) in [5.74, 6) is 0.385. The topological polar surface area (TPSA) is 97.3 Å². The van der Waals surface area contributed by atoms with Gasteiger partial charge in [0.05, 0.1) is 19.0 Å². The van der Waals surface area contributed by atoms with Crippen LogP contribution in [0.25, 0.3) is 11.2 Å². The van der Waals surface area contributed by atoms with Gasteiger partial charge in [-0.05, 0) is 0 Å². The third-order valence-corrected chi connectivity index (χ3v) is 3.56. The summed E-state index contributed by atoms with van der Waals surface area (Å²) in [5, 5.41) is 0. The number of anilines is 1.